The van der Waals surface area contributed by atoms with Gasteiger partial charge < -0.3 is 20.3 Å². The van der Waals surface area contributed by atoms with Crippen LogP contribution in [-0.2, 0) is 11.3 Å². The largest absolute Gasteiger partial charge is 0.542 e. The third-order valence-corrected chi connectivity index (χ3v) is 4.28. The predicted octanol–water partition coefficient (Wildman–Crippen LogP) is -0.587. The lowest BCUT2D eigenvalue weighted by Gasteiger charge is -2.10. The van der Waals surface area contributed by atoms with Crippen molar-refractivity contribution in [3.63, 3.8) is 0 Å². The summed E-state index contributed by atoms with van der Waals surface area (Å²) in [7, 11) is 0. The SMILES string of the molecule is O=C([O-])C(F)(F)F.Oc1c(NCc2ccc(F)cc2)cc2c3c1[NH+]=CC=3CCN=2. The lowest BCUT2D eigenvalue weighted by Crippen LogP contribution is -2.61. The smallest absolute Gasteiger partial charge is 0.430 e. The highest BCUT2D eigenvalue weighted by atomic mass is 19.4. The molecule has 2 heterocycles. The van der Waals surface area contributed by atoms with Crippen molar-refractivity contribution >= 4 is 29.1 Å². The van der Waals surface area contributed by atoms with Crippen molar-refractivity contribution in [2.45, 2.75) is 19.1 Å². The number of alkyl halides is 3. The molecule has 0 saturated heterocycles. The van der Waals surface area contributed by atoms with E-state index >= 15 is 0 Å². The molecule has 0 amide bonds. The minimum absolute atomic E-state index is 0.198. The van der Waals surface area contributed by atoms with Crippen molar-refractivity contribution in [2.24, 2.45) is 4.99 Å². The van der Waals surface area contributed by atoms with Crippen LogP contribution < -0.4 is 26.0 Å². The molecule has 4 rings (SSSR count). The number of hydrogen-bond acceptors (Lipinski definition) is 5. The van der Waals surface area contributed by atoms with E-state index in [9.17, 15) is 22.7 Å². The number of nitrogens with zero attached hydrogens (tertiary/aromatic N) is 1. The van der Waals surface area contributed by atoms with E-state index in [1.807, 2.05) is 12.3 Å². The number of phenolic OH excluding ortho intramolecular Hbond substituents is 1. The Morgan fingerprint density at radius 1 is 1.28 bits per heavy atom. The topological polar surface area (TPSA) is 98.7 Å². The van der Waals surface area contributed by atoms with E-state index in [1.54, 1.807) is 12.1 Å². The fraction of sp³-hybridized carbons (Fsp3) is 0.211. The minimum atomic E-state index is -5.19. The Hall–Kier alpha value is -3.43. The molecule has 10 heteroatoms. The molecule has 0 bridgehead atoms. The van der Waals surface area contributed by atoms with Crippen LogP contribution in [0.5, 0.6) is 5.75 Å². The maximum absolute atomic E-state index is 12.9. The Kier molecular flexibility index (Phi) is 5.53. The second kappa shape index (κ2) is 7.90. The number of carboxylic acids is 1. The average molecular weight is 409 g/mol. The zero-order chi connectivity index (χ0) is 21.2. The summed E-state index contributed by atoms with van der Waals surface area (Å²) in [6.45, 7) is 1.27. The molecule has 2 aliphatic rings. The Morgan fingerprint density at radius 3 is 2.55 bits per heavy atom. The van der Waals surface area contributed by atoms with Gasteiger partial charge in [0.1, 0.15) is 11.8 Å². The molecule has 0 saturated carbocycles. The number of aromatic hydroxyl groups is 1. The monoisotopic (exact) mass is 409 g/mol. The highest BCUT2D eigenvalue weighted by molar-refractivity contribution is 6.02. The molecule has 2 aromatic carbocycles. The van der Waals surface area contributed by atoms with E-state index < -0.39 is 12.1 Å². The van der Waals surface area contributed by atoms with Crippen LogP contribution in [0.15, 0.2) is 35.3 Å². The van der Waals surface area contributed by atoms with Crippen molar-refractivity contribution in [3.8, 4) is 5.75 Å². The molecule has 0 atom stereocenters. The highest BCUT2D eigenvalue weighted by Crippen LogP contribution is 2.26. The van der Waals surface area contributed by atoms with Gasteiger partial charge in [-0.2, -0.15) is 13.2 Å². The summed E-state index contributed by atoms with van der Waals surface area (Å²) in [5.74, 6) is -3.06. The van der Waals surface area contributed by atoms with Gasteiger partial charge >= 0.3 is 6.18 Å². The Balaban J connectivity index is 0.000000298. The van der Waals surface area contributed by atoms with Gasteiger partial charge in [0.15, 0.2) is 6.21 Å². The van der Waals surface area contributed by atoms with Gasteiger partial charge in [0.25, 0.3) is 5.69 Å². The van der Waals surface area contributed by atoms with E-state index in [1.165, 1.54) is 17.7 Å². The number of aliphatic carboxylic acids is 1. The molecule has 2 aliphatic heterocycles. The second-order valence-corrected chi connectivity index (χ2v) is 6.25. The first-order valence-electron chi connectivity index (χ1n) is 8.46. The number of anilines is 1. The molecule has 0 unspecified atom stereocenters. The first kappa shape index (κ1) is 20.3. The van der Waals surface area contributed by atoms with Gasteiger partial charge in [-0.25, -0.2) is 9.38 Å². The number of rotatable bonds is 3. The average Bonchev–Trinajstić information content (AvgIpc) is 3.10. The molecule has 0 fully saturated rings. The van der Waals surface area contributed by atoms with Crippen molar-refractivity contribution in [1.82, 2.24) is 0 Å². The third-order valence-electron chi connectivity index (χ3n) is 4.28. The predicted molar refractivity (Wildman–Crippen MR) is 93.3 cm³/mol. The van der Waals surface area contributed by atoms with Crippen molar-refractivity contribution in [1.29, 1.82) is 0 Å². The van der Waals surface area contributed by atoms with Gasteiger partial charge in [0.2, 0.25) is 5.75 Å². The van der Waals surface area contributed by atoms with Gasteiger partial charge in [-0.3, -0.25) is 4.99 Å². The van der Waals surface area contributed by atoms with E-state index in [4.69, 9.17) is 9.90 Å². The summed E-state index contributed by atoms with van der Waals surface area (Å²) in [6.07, 6.45) is -2.36. The number of carbonyl (C=O) groups excluding carboxylic acids is 1. The Bertz CT molecular complexity index is 1090. The third kappa shape index (κ3) is 4.53. The summed E-state index contributed by atoms with van der Waals surface area (Å²) in [6, 6.07) is 8.17. The first-order chi connectivity index (χ1) is 13.7. The summed E-state index contributed by atoms with van der Waals surface area (Å²) in [4.78, 5) is 16.5. The standard InChI is InChI=1S/C17H14FN3O.C2HF3O2/c18-12-3-1-10(2-4-12)8-20-14-7-13-15-11(5-6-19-13)9-21-16(15)17(14)22;3-2(4,5)1(6)7/h1-4,7,9,20,22H,5-6,8H2;(H,6,7). The molecule has 3 N–H and O–H groups in total. The Labute approximate surface area is 161 Å². The van der Waals surface area contributed by atoms with Gasteiger partial charge in [0.05, 0.1) is 16.3 Å². The zero-order valence-electron chi connectivity index (χ0n) is 14.8. The summed E-state index contributed by atoms with van der Waals surface area (Å²) >= 11 is 0. The lowest BCUT2D eigenvalue weighted by atomic mass is 10.1. The molecule has 0 aliphatic carbocycles. The second-order valence-electron chi connectivity index (χ2n) is 6.25. The summed E-state index contributed by atoms with van der Waals surface area (Å²) in [5.41, 5.74) is 3.49. The van der Waals surface area contributed by atoms with Crippen LogP contribution in [0.3, 0.4) is 0 Å². The molecule has 0 aromatic heterocycles. The Morgan fingerprint density at radius 2 is 1.93 bits per heavy atom. The summed E-state index contributed by atoms with van der Waals surface area (Å²) < 4.78 is 44.5. The fourth-order valence-corrected chi connectivity index (χ4v) is 2.91. The van der Waals surface area contributed by atoms with Gasteiger partial charge in [-0.1, -0.05) is 12.1 Å². The number of hydrogen-bond donors (Lipinski definition) is 3. The first-order valence-corrected chi connectivity index (χ1v) is 8.46. The maximum atomic E-state index is 12.9. The molecule has 6 nitrogen and oxygen atoms in total. The molecule has 0 spiro atoms. The number of nitrogens with one attached hydrogen (secondary N) is 2. The normalized spacial score (nSPS) is 13.9. The van der Waals surface area contributed by atoms with E-state index in [0.29, 0.717) is 12.2 Å². The molecule has 152 valence electrons. The van der Waals surface area contributed by atoms with E-state index in [2.05, 4.69) is 15.3 Å². The van der Waals surface area contributed by atoms with Crippen LogP contribution >= 0.6 is 0 Å². The molecule has 2 aromatic rings. The maximum Gasteiger partial charge on any atom is 0.430 e. The molecule has 0 radical (unpaired) electrons. The summed E-state index contributed by atoms with van der Waals surface area (Å²) in [5, 5.41) is 24.3. The number of carbonyl (C=O) groups is 1. The van der Waals surface area contributed by atoms with Crippen molar-refractivity contribution in [3.05, 3.63) is 52.3 Å². The highest BCUT2D eigenvalue weighted by Gasteiger charge is 2.28. The minimum Gasteiger partial charge on any atom is -0.542 e. The van der Waals surface area contributed by atoms with Gasteiger partial charge in [-0.15, -0.1) is 0 Å². The van der Waals surface area contributed by atoms with E-state index in [0.717, 1.165) is 34.8 Å². The van der Waals surface area contributed by atoms with Crippen LogP contribution in [0.2, 0.25) is 0 Å². The van der Waals surface area contributed by atoms with Crippen LogP contribution in [-0.4, -0.2) is 30.0 Å². The molecular formula is C19H15F4N3O3. The molecular weight excluding hydrogens is 394 g/mol. The fourth-order valence-electron chi connectivity index (χ4n) is 2.91. The van der Waals surface area contributed by atoms with Gasteiger partial charge in [0, 0.05) is 18.7 Å². The number of benzene rings is 2. The van der Waals surface area contributed by atoms with Crippen LogP contribution in [0.1, 0.15) is 12.0 Å². The van der Waals surface area contributed by atoms with Gasteiger partial charge in [-0.05, 0) is 30.2 Å². The van der Waals surface area contributed by atoms with E-state index in [-0.39, 0.29) is 11.6 Å². The molecule has 29 heavy (non-hydrogen) atoms. The quantitative estimate of drug-likeness (QED) is 0.466. The number of phenols is 1. The van der Waals surface area contributed by atoms with Crippen LogP contribution in [0.4, 0.5) is 28.9 Å². The van der Waals surface area contributed by atoms with Crippen molar-refractivity contribution in [2.75, 3.05) is 11.9 Å². The van der Waals surface area contributed by atoms with Crippen molar-refractivity contribution < 1.29 is 37.6 Å². The van der Waals surface area contributed by atoms with Crippen LogP contribution in [0, 0.1) is 5.82 Å². The lowest BCUT2D eigenvalue weighted by molar-refractivity contribution is -0.345. The number of carboxylic acid groups (broad SMARTS) is 1. The number of halogens is 4. The van der Waals surface area contributed by atoms with Crippen LogP contribution in [0.25, 0.3) is 5.57 Å². The zero-order valence-corrected chi connectivity index (χ0v) is 14.8.